The number of carbonyl (C=O) groups excluding carboxylic acids is 8. The number of carboxylic acid groups (broad SMARTS) is 2. The van der Waals surface area contributed by atoms with Gasteiger partial charge in [0.15, 0.2) is 0 Å². The lowest BCUT2D eigenvalue weighted by Gasteiger charge is -2.41. The lowest BCUT2D eigenvalue weighted by molar-refractivity contribution is -0.192. The first-order valence-electron chi connectivity index (χ1n) is 28.7. The molecule has 1 aliphatic heterocycles. The van der Waals surface area contributed by atoms with Crippen LogP contribution in [-0.2, 0) is 54.5 Å². The molecule has 2 aromatic carbocycles. The number of nitrogens with one attached hydrogen (secondary N) is 5. The SMILES string of the molecule is CC(C)[C@H](NC(=O)CCCCCN1C(=O)C=CC1=O)C(=O)N[C@@H](C)C(=O)N[C@@H](CCCCNC(=O)[C@@H]1CCC[C@@H]1NC(=O)[C@@H](N)CCN(C(=O)CO)[C@@H](c1cc(-c2cc(F)ccc2F)cn1Cc1ccccc1)C(C)(C)C)C(=O)O.O=C(O)C(F)(F)F. The summed E-state index contributed by atoms with van der Waals surface area (Å²) in [4.78, 5) is 127. The van der Waals surface area contributed by atoms with E-state index in [1.54, 1.807) is 26.1 Å². The quantitative estimate of drug-likeness (QED) is 0.0241. The molecule has 8 amide bonds. The number of aliphatic carboxylic acids is 2. The van der Waals surface area contributed by atoms with Gasteiger partial charge in [0.05, 0.1) is 18.0 Å². The minimum absolute atomic E-state index is 0.0119. The molecule has 3 aromatic rings. The molecular weight excluding hydrogens is 1150 g/mol. The van der Waals surface area contributed by atoms with Crippen LogP contribution in [0.3, 0.4) is 0 Å². The van der Waals surface area contributed by atoms with Gasteiger partial charge >= 0.3 is 18.1 Å². The van der Waals surface area contributed by atoms with Crippen molar-refractivity contribution < 1.29 is 85.2 Å². The van der Waals surface area contributed by atoms with Gasteiger partial charge in [0.25, 0.3) is 11.8 Å². The summed E-state index contributed by atoms with van der Waals surface area (Å²) in [6.07, 6.45) is 2.93. The Morgan fingerprint density at radius 3 is 2.05 bits per heavy atom. The van der Waals surface area contributed by atoms with Crippen LogP contribution < -0.4 is 32.3 Å². The number of aromatic nitrogens is 1. The fourth-order valence-electron chi connectivity index (χ4n) is 10.1. The monoisotopic (exact) mass is 1230 g/mol. The van der Waals surface area contributed by atoms with E-state index in [4.69, 9.17) is 15.6 Å². The molecule has 478 valence electrons. The Bertz CT molecular complexity index is 2910. The van der Waals surface area contributed by atoms with Crippen molar-refractivity contribution >= 4 is 59.2 Å². The third kappa shape index (κ3) is 22.0. The van der Waals surface area contributed by atoms with Gasteiger partial charge in [-0.15, -0.1) is 0 Å². The maximum absolute atomic E-state index is 15.2. The minimum Gasteiger partial charge on any atom is -0.480 e. The van der Waals surface area contributed by atoms with Crippen LogP contribution in [-0.4, -0.2) is 152 Å². The number of unbranched alkanes of at least 4 members (excludes halogenated alkanes) is 3. The first-order chi connectivity index (χ1) is 40.8. The van der Waals surface area contributed by atoms with E-state index in [1.165, 1.54) is 24.0 Å². The molecule has 2 heterocycles. The predicted molar refractivity (Wildman–Crippen MR) is 307 cm³/mol. The van der Waals surface area contributed by atoms with Crippen molar-refractivity contribution in [3.05, 3.63) is 95.8 Å². The molecule has 0 unspecified atom stereocenters. The van der Waals surface area contributed by atoms with Gasteiger partial charge in [0, 0.05) is 73.8 Å². The first kappa shape index (κ1) is 71.4. The zero-order chi connectivity index (χ0) is 64.9. The lowest BCUT2D eigenvalue weighted by Crippen LogP contribution is -2.56. The number of carboxylic acids is 2. The molecule has 87 heavy (non-hydrogen) atoms. The second-order valence-electron chi connectivity index (χ2n) is 22.9. The average Bonchev–Trinajstić information content (AvgIpc) is 2.81. The highest BCUT2D eigenvalue weighted by Gasteiger charge is 2.40. The summed E-state index contributed by atoms with van der Waals surface area (Å²) in [5.41, 5.74) is 7.69. The van der Waals surface area contributed by atoms with E-state index in [9.17, 15) is 70.9 Å². The summed E-state index contributed by atoms with van der Waals surface area (Å²) in [7, 11) is 0. The van der Waals surface area contributed by atoms with Crippen LogP contribution in [0.5, 0.6) is 0 Å². The first-order valence-corrected chi connectivity index (χ1v) is 28.7. The van der Waals surface area contributed by atoms with Crippen LogP contribution in [0.4, 0.5) is 22.0 Å². The average molecular weight is 1230 g/mol. The van der Waals surface area contributed by atoms with Crippen LogP contribution in [0.15, 0.2) is 72.9 Å². The third-order valence-electron chi connectivity index (χ3n) is 14.7. The van der Waals surface area contributed by atoms with Crippen molar-refractivity contribution in [1.29, 1.82) is 0 Å². The summed E-state index contributed by atoms with van der Waals surface area (Å²) in [5, 5.41) is 40.8. The van der Waals surface area contributed by atoms with E-state index < -0.39 is 113 Å². The molecule has 1 fully saturated rings. The number of nitrogens with two attached hydrogens (primary N) is 1. The number of aliphatic hydroxyl groups excluding tert-OH is 1. The van der Waals surface area contributed by atoms with E-state index in [0.29, 0.717) is 69.2 Å². The molecule has 1 saturated carbocycles. The normalized spacial score (nSPS) is 16.6. The molecular formula is C60H80F5N9O13. The Morgan fingerprint density at radius 1 is 0.793 bits per heavy atom. The number of hydrogen-bond acceptors (Lipinski definition) is 12. The number of imide groups is 1. The number of halogens is 5. The van der Waals surface area contributed by atoms with Crippen LogP contribution in [0.25, 0.3) is 11.1 Å². The Morgan fingerprint density at radius 2 is 1.45 bits per heavy atom. The number of carbonyl (C=O) groups is 10. The van der Waals surface area contributed by atoms with E-state index in [1.807, 2.05) is 55.7 Å². The molecule has 0 radical (unpaired) electrons. The number of benzene rings is 2. The largest absolute Gasteiger partial charge is 0.490 e. The topological polar surface area (TPSA) is 329 Å². The summed E-state index contributed by atoms with van der Waals surface area (Å²) in [5.74, 6) is -10.3. The Hall–Kier alpha value is -8.07. The Labute approximate surface area is 501 Å². The summed E-state index contributed by atoms with van der Waals surface area (Å²) in [6, 6.07) is 8.49. The molecule has 7 atom stereocenters. The number of aliphatic hydroxyl groups is 1. The van der Waals surface area contributed by atoms with Crippen LogP contribution in [0.2, 0.25) is 0 Å². The van der Waals surface area contributed by atoms with Crippen molar-refractivity contribution in [2.75, 3.05) is 26.2 Å². The molecule has 22 nitrogen and oxygen atoms in total. The Balaban J connectivity index is 0.00000217. The maximum Gasteiger partial charge on any atom is 0.490 e. The molecule has 0 bridgehead atoms. The van der Waals surface area contributed by atoms with E-state index in [2.05, 4.69) is 26.6 Å². The Kier molecular flexibility index (Phi) is 27.2. The maximum atomic E-state index is 15.2. The van der Waals surface area contributed by atoms with Gasteiger partial charge in [-0.25, -0.2) is 18.4 Å². The number of amides is 8. The second-order valence-corrected chi connectivity index (χ2v) is 22.9. The minimum atomic E-state index is -5.08. The van der Waals surface area contributed by atoms with E-state index in [0.717, 1.165) is 28.7 Å². The molecule has 0 saturated heterocycles. The third-order valence-corrected chi connectivity index (χ3v) is 14.7. The number of nitrogens with zero attached hydrogens (tertiary/aromatic N) is 3. The highest BCUT2D eigenvalue weighted by atomic mass is 19.4. The zero-order valence-corrected chi connectivity index (χ0v) is 49.6. The smallest absolute Gasteiger partial charge is 0.480 e. The van der Waals surface area contributed by atoms with Crippen LogP contribution in [0.1, 0.15) is 129 Å². The van der Waals surface area contributed by atoms with Gasteiger partial charge in [-0.2, -0.15) is 13.2 Å². The fraction of sp³-hybridized carbons (Fsp3) is 0.533. The predicted octanol–water partition coefficient (Wildman–Crippen LogP) is 5.01. The standard InChI is InChI=1S/C58H79F2N9O11.C2HF3O2/c1-35(2)51(66-47(71)21-11-8-14-28-68-48(72)24-25-49(68)73)56(78)63-36(3)53(75)65-45(57(79)80)19-12-13-27-62-54(76)40-18-15-20-44(40)64-55(77)43(61)26-29-69(50(74)34-70)52(58(4,5)6)46-30-38(41-31-39(59)22-23-42(41)60)33-67(46)32-37-16-9-7-10-17-37;3-2(4,5)1(6)7/h7,9-10,16-17,22-25,30-31,33,35-36,40,43-45,51-52,70H,8,11-15,18-21,26-29,32,34,61H2,1-6H3,(H,62,76)(H,63,78)(H,64,77)(H,65,75)(H,66,71)(H,79,80);(H,6,7)/t36-,40+,43-,44-,45-,51-,52-;/m0./s1. The molecule has 1 aliphatic carbocycles. The number of hydrogen-bond donors (Lipinski definition) is 9. The van der Waals surface area contributed by atoms with E-state index >= 15 is 4.39 Å². The van der Waals surface area contributed by atoms with Crippen molar-refractivity contribution in [2.24, 2.45) is 23.0 Å². The van der Waals surface area contributed by atoms with Gasteiger partial charge in [-0.1, -0.05) is 77.8 Å². The molecule has 1 aromatic heterocycles. The number of alkyl halides is 3. The van der Waals surface area contributed by atoms with Crippen molar-refractivity contribution in [2.45, 2.75) is 161 Å². The summed E-state index contributed by atoms with van der Waals surface area (Å²) in [6.45, 7) is 10.4. The van der Waals surface area contributed by atoms with Crippen molar-refractivity contribution in [3.63, 3.8) is 0 Å². The van der Waals surface area contributed by atoms with Gasteiger partial charge in [-0.3, -0.25) is 43.3 Å². The molecule has 2 aliphatic rings. The summed E-state index contributed by atoms with van der Waals surface area (Å²) >= 11 is 0. The van der Waals surface area contributed by atoms with Gasteiger partial charge in [0.1, 0.15) is 36.4 Å². The number of rotatable bonds is 30. The fourth-order valence-corrected chi connectivity index (χ4v) is 10.1. The van der Waals surface area contributed by atoms with Gasteiger partial charge in [-0.05, 0) is 99.5 Å². The second kappa shape index (κ2) is 33.2. The zero-order valence-electron chi connectivity index (χ0n) is 49.6. The lowest BCUT2D eigenvalue weighted by atomic mass is 9.82. The van der Waals surface area contributed by atoms with Crippen molar-refractivity contribution in [3.8, 4) is 11.1 Å². The van der Waals surface area contributed by atoms with Gasteiger partial charge in [0.2, 0.25) is 35.4 Å². The van der Waals surface area contributed by atoms with E-state index in [-0.39, 0.29) is 68.1 Å². The highest BCUT2D eigenvalue weighted by Crippen LogP contribution is 2.41. The van der Waals surface area contributed by atoms with Crippen LogP contribution in [0, 0.1) is 28.9 Å². The van der Waals surface area contributed by atoms with Crippen molar-refractivity contribution in [1.82, 2.24) is 41.0 Å². The highest BCUT2D eigenvalue weighted by molar-refractivity contribution is 6.12. The summed E-state index contributed by atoms with van der Waals surface area (Å²) < 4.78 is 63.3. The van der Waals surface area contributed by atoms with Crippen LogP contribution >= 0.6 is 0 Å². The molecule has 0 spiro atoms. The molecule has 10 N–H and O–H groups in total. The van der Waals surface area contributed by atoms with Gasteiger partial charge < -0.3 is 57.1 Å². The molecule has 5 rings (SSSR count). The molecule has 27 heteroatoms.